The van der Waals surface area contributed by atoms with Crippen LogP contribution in [0.4, 0.5) is 0 Å². The molecule has 6 N–H and O–H groups in total. The van der Waals surface area contributed by atoms with Crippen LogP contribution in [0.1, 0.15) is 78.1 Å². The van der Waals surface area contributed by atoms with Crippen molar-refractivity contribution in [2.45, 2.75) is 84.2 Å². The molecule has 0 aliphatic rings. The number of hydrogen-bond acceptors (Lipinski definition) is 4. The Morgan fingerprint density at radius 1 is 1.00 bits per heavy atom. The van der Waals surface area contributed by atoms with E-state index in [0.29, 0.717) is 6.61 Å². The number of rotatable bonds is 12. The Morgan fingerprint density at radius 3 is 1.73 bits per heavy atom. The van der Waals surface area contributed by atoms with Crippen LogP contribution in [0.25, 0.3) is 0 Å². The third-order valence-electron chi connectivity index (χ3n) is 3.08. The molecule has 0 rings (SSSR count). The van der Waals surface area contributed by atoms with Crippen LogP contribution in [-0.4, -0.2) is 29.7 Å². The molecule has 0 fully saturated rings. The van der Waals surface area contributed by atoms with Crippen molar-refractivity contribution in [3.05, 3.63) is 0 Å². The number of carbonyl (C=O) groups excluding carboxylic acids is 1. The van der Waals surface area contributed by atoms with E-state index >= 15 is 0 Å². The summed E-state index contributed by atoms with van der Waals surface area (Å²) in [5.74, 6) is -0.842. The van der Waals surface area contributed by atoms with Gasteiger partial charge >= 0.3 is 5.97 Å². The Morgan fingerprint density at radius 2 is 1.36 bits per heavy atom. The standard InChI is InChI=1S/C15H30O3.CH5N3/c1-3-4-5-6-7-8-9-10-11-12-13-18-15(17)14(2)16;2-1(3)4/h14,16H,3-13H2,1-2H3;(H5,2,3,4). The maximum atomic E-state index is 10.9. The minimum Gasteiger partial charge on any atom is -0.464 e. The first-order chi connectivity index (χ1) is 10.4. The molecular formula is C16H35N3O3. The van der Waals surface area contributed by atoms with Crippen LogP contribution in [-0.2, 0) is 9.53 Å². The molecule has 1 unspecified atom stereocenters. The Hall–Kier alpha value is -1.30. The molecule has 0 bridgehead atoms. The zero-order valence-electron chi connectivity index (χ0n) is 14.3. The van der Waals surface area contributed by atoms with Gasteiger partial charge in [-0.05, 0) is 13.3 Å². The maximum absolute atomic E-state index is 10.9. The van der Waals surface area contributed by atoms with Crippen molar-refractivity contribution in [3.63, 3.8) is 0 Å². The molecule has 6 heteroatoms. The Bertz CT molecular complexity index is 267. The van der Waals surface area contributed by atoms with E-state index in [9.17, 15) is 4.79 Å². The quantitative estimate of drug-likeness (QED) is 0.191. The average molecular weight is 317 g/mol. The normalized spacial score (nSPS) is 11.2. The topological polar surface area (TPSA) is 122 Å². The molecule has 6 nitrogen and oxygen atoms in total. The molecule has 0 aromatic heterocycles. The van der Waals surface area contributed by atoms with Gasteiger partial charge in [0.25, 0.3) is 0 Å². The van der Waals surface area contributed by atoms with Crippen LogP contribution in [0.2, 0.25) is 0 Å². The highest BCUT2D eigenvalue weighted by Gasteiger charge is 2.08. The SMILES string of the molecule is CCCCCCCCCCCCOC(=O)C(C)O.N=C(N)N. The maximum Gasteiger partial charge on any atom is 0.334 e. The first-order valence-corrected chi connectivity index (χ1v) is 8.36. The lowest BCUT2D eigenvalue weighted by molar-refractivity contribution is -0.152. The van der Waals surface area contributed by atoms with E-state index in [1.165, 1.54) is 58.3 Å². The first-order valence-electron chi connectivity index (χ1n) is 8.36. The number of aliphatic hydroxyl groups is 1. The molecule has 0 heterocycles. The van der Waals surface area contributed by atoms with Gasteiger partial charge in [-0.3, -0.25) is 5.41 Å². The van der Waals surface area contributed by atoms with Gasteiger partial charge in [-0.25, -0.2) is 4.79 Å². The Kier molecular flexibility index (Phi) is 18.5. The smallest absolute Gasteiger partial charge is 0.334 e. The largest absolute Gasteiger partial charge is 0.464 e. The molecule has 0 spiro atoms. The molecule has 0 aliphatic heterocycles. The number of esters is 1. The molecule has 22 heavy (non-hydrogen) atoms. The predicted molar refractivity (Wildman–Crippen MR) is 90.6 cm³/mol. The number of aliphatic hydroxyl groups excluding tert-OH is 1. The van der Waals surface area contributed by atoms with Gasteiger partial charge in [-0.15, -0.1) is 0 Å². The van der Waals surface area contributed by atoms with Gasteiger partial charge in [0.1, 0.15) is 6.10 Å². The minimum absolute atomic E-state index is 0.333. The van der Waals surface area contributed by atoms with Gasteiger partial charge in [-0.1, -0.05) is 64.7 Å². The third kappa shape index (κ3) is 23.8. The second kappa shape index (κ2) is 17.8. The van der Waals surface area contributed by atoms with Crippen molar-refractivity contribution in [1.29, 1.82) is 5.41 Å². The lowest BCUT2D eigenvalue weighted by Gasteiger charge is -2.06. The van der Waals surface area contributed by atoms with E-state index in [1.807, 2.05) is 0 Å². The predicted octanol–water partition coefficient (Wildman–Crippen LogP) is 2.67. The van der Waals surface area contributed by atoms with Crippen LogP contribution in [0.5, 0.6) is 0 Å². The van der Waals surface area contributed by atoms with Crippen molar-refractivity contribution in [2.75, 3.05) is 6.61 Å². The summed E-state index contributed by atoms with van der Waals surface area (Å²) in [6, 6.07) is 0. The van der Waals surface area contributed by atoms with Crippen LogP contribution in [0.15, 0.2) is 0 Å². The molecular weight excluding hydrogens is 282 g/mol. The van der Waals surface area contributed by atoms with E-state index in [1.54, 1.807) is 0 Å². The van der Waals surface area contributed by atoms with Crippen LogP contribution in [0, 0.1) is 5.41 Å². The fraction of sp³-hybridized carbons (Fsp3) is 0.875. The number of nitrogens with one attached hydrogen (secondary N) is 1. The summed E-state index contributed by atoms with van der Waals surface area (Å²) in [5, 5.41) is 15.0. The van der Waals surface area contributed by atoms with Crippen LogP contribution in [0.3, 0.4) is 0 Å². The second-order valence-electron chi connectivity index (χ2n) is 5.48. The Labute approximate surface area is 135 Å². The van der Waals surface area contributed by atoms with Gasteiger partial charge in [0.15, 0.2) is 5.96 Å². The van der Waals surface area contributed by atoms with Crippen molar-refractivity contribution < 1.29 is 14.6 Å². The lowest BCUT2D eigenvalue weighted by atomic mass is 10.1. The van der Waals surface area contributed by atoms with E-state index in [-0.39, 0.29) is 5.96 Å². The van der Waals surface area contributed by atoms with E-state index < -0.39 is 12.1 Å². The summed E-state index contributed by atoms with van der Waals surface area (Å²) in [5.41, 5.74) is 8.94. The van der Waals surface area contributed by atoms with Crippen molar-refractivity contribution >= 4 is 11.9 Å². The minimum atomic E-state index is -0.992. The summed E-state index contributed by atoms with van der Waals surface area (Å²) < 4.78 is 4.89. The van der Waals surface area contributed by atoms with Crippen LogP contribution >= 0.6 is 0 Å². The summed E-state index contributed by atoms with van der Waals surface area (Å²) >= 11 is 0. The average Bonchev–Trinajstić information content (AvgIpc) is 2.43. The fourth-order valence-corrected chi connectivity index (χ4v) is 1.88. The zero-order valence-corrected chi connectivity index (χ0v) is 14.3. The van der Waals surface area contributed by atoms with Gasteiger partial charge in [0.05, 0.1) is 6.61 Å². The van der Waals surface area contributed by atoms with E-state index in [0.717, 1.165) is 12.8 Å². The number of ether oxygens (including phenoxy) is 1. The number of guanidine groups is 1. The summed E-state index contributed by atoms with van der Waals surface area (Å²) in [7, 11) is 0. The number of unbranched alkanes of at least 4 members (excludes halogenated alkanes) is 9. The molecule has 0 aromatic carbocycles. The highest BCUT2D eigenvalue weighted by molar-refractivity contribution is 5.73. The molecule has 0 aromatic rings. The summed E-state index contributed by atoms with van der Waals surface area (Å²) in [4.78, 5) is 10.9. The van der Waals surface area contributed by atoms with Gasteiger partial charge < -0.3 is 21.3 Å². The van der Waals surface area contributed by atoms with Crippen molar-refractivity contribution in [1.82, 2.24) is 0 Å². The third-order valence-corrected chi connectivity index (χ3v) is 3.08. The monoisotopic (exact) mass is 317 g/mol. The summed E-state index contributed by atoms with van der Waals surface area (Å²) in [6.07, 6.45) is 11.7. The first kappa shape index (κ1) is 23.0. The molecule has 0 radical (unpaired) electrons. The summed E-state index contributed by atoms with van der Waals surface area (Å²) in [6.45, 7) is 4.12. The highest BCUT2D eigenvalue weighted by atomic mass is 16.5. The number of nitrogens with two attached hydrogens (primary N) is 2. The van der Waals surface area contributed by atoms with E-state index in [2.05, 4.69) is 18.4 Å². The van der Waals surface area contributed by atoms with Gasteiger partial charge in [-0.2, -0.15) is 0 Å². The van der Waals surface area contributed by atoms with Gasteiger partial charge in [0.2, 0.25) is 0 Å². The van der Waals surface area contributed by atoms with Crippen molar-refractivity contribution in [3.8, 4) is 0 Å². The van der Waals surface area contributed by atoms with Gasteiger partial charge in [0, 0.05) is 0 Å². The molecule has 1 atom stereocenters. The zero-order chi connectivity index (χ0) is 17.2. The Balaban J connectivity index is 0. The second-order valence-corrected chi connectivity index (χ2v) is 5.48. The molecule has 132 valence electrons. The number of carbonyl (C=O) groups is 1. The van der Waals surface area contributed by atoms with Crippen molar-refractivity contribution in [2.24, 2.45) is 11.5 Å². The molecule has 0 aliphatic carbocycles. The molecule has 0 amide bonds. The fourth-order valence-electron chi connectivity index (χ4n) is 1.88. The number of hydrogen-bond donors (Lipinski definition) is 4. The molecule has 0 saturated carbocycles. The van der Waals surface area contributed by atoms with Crippen LogP contribution < -0.4 is 11.5 Å². The van der Waals surface area contributed by atoms with E-state index in [4.69, 9.17) is 15.3 Å². The lowest BCUT2D eigenvalue weighted by Crippen LogP contribution is -2.20. The molecule has 0 saturated heterocycles. The highest BCUT2D eigenvalue weighted by Crippen LogP contribution is 2.10.